The molecule has 132 valence electrons. The van der Waals surface area contributed by atoms with Gasteiger partial charge in [0.25, 0.3) is 5.69 Å². The van der Waals surface area contributed by atoms with Gasteiger partial charge in [0, 0.05) is 11.5 Å². The third kappa shape index (κ3) is 4.00. The molecule has 3 rings (SSSR count). The van der Waals surface area contributed by atoms with Crippen LogP contribution in [0.4, 0.5) is 11.4 Å². The summed E-state index contributed by atoms with van der Waals surface area (Å²) in [6.45, 7) is 2.04. The Morgan fingerprint density at radius 1 is 1.19 bits per heavy atom. The van der Waals surface area contributed by atoms with Crippen molar-refractivity contribution < 1.29 is 9.72 Å². The lowest BCUT2D eigenvalue weighted by atomic mass is 10.1. The molecule has 2 aromatic carbocycles. The van der Waals surface area contributed by atoms with Crippen molar-refractivity contribution in [3.05, 3.63) is 70.3 Å². The highest BCUT2D eigenvalue weighted by Gasteiger charge is 2.15. The van der Waals surface area contributed by atoms with Crippen LogP contribution in [0.2, 0.25) is 0 Å². The number of aromatic nitrogens is 1. The van der Waals surface area contributed by atoms with Gasteiger partial charge in [-0.2, -0.15) is 0 Å². The molecule has 0 aliphatic carbocycles. The molecule has 0 radical (unpaired) electrons. The Kier molecular flexibility index (Phi) is 5.48. The average Bonchev–Trinajstić information content (AvgIpc) is 2.65. The van der Waals surface area contributed by atoms with Crippen LogP contribution in [0.1, 0.15) is 12.5 Å². The van der Waals surface area contributed by atoms with Gasteiger partial charge in [-0.15, -0.1) is 0 Å². The second-order valence-corrected chi connectivity index (χ2v) is 6.57. The maximum Gasteiger partial charge on any atom is 0.292 e. The van der Waals surface area contributed by atoms with Crippen LogP contribution in [0, 0.1) is 10.1 Å². The average molecular weight is 367 g/mol. The number of nitro groups is 1. The maximum absolute atomic E-state index is 12.2. The fourth-order valence-corrected chi connectivity index (χ4v) is 3.47. The molecule has 0 bridgehead atoms. The number of nitro benzene ring substituents is 1. The number of amides is 1. The highest BCUT2D eigenvalue weighted by molar-refractivity contribution is 8.00. The van der Waals surface area contributed by atoms with E-state index in [9.17, 15) is 14.9 Å². The topological polar surface area (TPSA) is 85.1 Å². The van der Waals surface area contributed by atoms with Gasteiger partial charge in [0.05, 0.1) is 16.2 Å². The Hall–Kier alpha value is -2.93. The molecular formula is C19H17N3O3S. The largest absolute Gasteiger partial charge is 0.320 e. The minimum Gasteiger partial charge on any atom is -0.320 e. The summed E-state index contributed by atoms with van der Waals surface area (Å²) in [4.78, 5) is 27.4. The van der Waals surface area contributed by atoms with E-state index in [1.165, 1.54) is 23.9 Å². The van der Waals surface area contributed by atoms with E-state index in [1.54, 1.807) is 12.1 Å². The number of nitrogens with zero attached hydrogens (tertiary/aromatic N) is 2. The first-order chi connectivity index (χ1) is 12.6. The quantitative estimate of drug-likeness (QED) is 0.395. The number of pyridine rings is 1. The lowest BCUT2D eigenvalue weighted by Crippen LogP contribution is -2.15. The van der Waals surface area contributed by atoms with E-state index < -0.39 is 4.92 Å². The summed E-state index contributed by atoms with van der Waals surface area (Å²) in [6, 6.07) is 16.0. The van der Waals surface area contributed by atoms with E-state index >= 15 is 0 Å². The number of rotatable bonds is 6. The Morgan fingerprint density at radius 3 is 2.69 bits per heavy atom. The van der Waals surface area contributed by atoms with Crippen LogP contribution < -0.4 is 5.32 Å². The molecule has 1 aromatic heterocycles. The van der Waals surface area contributed by atoms with E-state index in [2.05, 4.69) is 16.4 Å². The molecule has 1 N–H and O–H groups in total. The van der Waals surface area contributed by atoms with E-state index in [4.69, 9.17) is 0 Å². The van der Waals surface area contributed by atoms with Crippen LogP contribution in [0.3, 0.4) is 0 Å². The third-order valence-corrected chi connectivity index (χ3v) is 4.89. The SMILES string of the molecule is CCc1cc2ccccc2nc1SCC(=O)Nc1ccccc1[N+](=O)[O-]. The minimum absolute atomic E-state index is 0.121. The predicted octanol–water partition coefficient (Wildman–Crippen LogP) is 4.44. The molecule has 6 nitrogen and oxygen atoms in total. The first-order valence-corrected chi connectivity index (χ1v) is 9.11. The van der Waals surface area contributed by atoms with Crippen LogP contribution in [0.5, 0.6) is 0 Å². The van der Waals surface area contributed by atoms with Crippen molar-refractivity contribution in [2.75, 3.05) is 11.1 Å². The van der Waals surface area contributed by atoms with Crippen molar-refractivity contribution in [2.24, 2.45) is 0 Å². The molecule has 26 heavy (non-hydrogen) atoms. The van der Waals surface area contributed by atoms with Gasteiger partial charge in [0.15, 0.2) is 0 Å². The summed E-state index contributed by atoms with van der Waals surface area (Å²) in [5, 5.41) is 15.5. The number of nitrogens with one attached hydrogen (secondary N) is 1. The van der Waals surface area contributed by atoms with Crippen LogP contribution in [0.15, 0.2) is 59.6 Å². The van der Waals surface area contributed by atoms with Crippen molar-refractivity contribution in [1.29, 1.82) is 0 Å². The van der Waals surface area contributed by atoms with Crippen molar-refractivity contribution in [3.63, 3.8) is 0 Å². The lowest BCUT2D eigenvalue weighted by Gasteiger charge is -2.09. The molecule has 0 aliphatic rings. The van der Waals surface area contributed by atoms with Gasteiger partial charge >= 0.3 is 0 Å². The van der Waals surface area contributed by atoms with Crippen molar-refractivity contribution >= 4 is 39.9 Å². The molecule has 0 saturated carbocycles. The zero-order valence-electron chi connectivity index (χ0n) is 14.1. The molecule has 0 spiro atoms. The van der Waals surface area contributed by atoms with Crippen LogP contribution in [-0.2, 0) is 11.2 Å². The zero-order valence-corrected chi connectivity index (χ0v) is 15.0. The summed E-state index contributed by atoms with van der Waals surface area (Å²) in [5.74, 6) is -0.175. The third-order valence-electron chi connectivity index (χ3n) is 3.86. The van der Waals surface area contributed by atoms with E-state index in [1.807, 2.05) is 31.2 Å². The maximum atomic E-state index is 12.2. The van der Waals surface area contributed by atoms with Crippen LogP contribution >= 0.6 is 11.8 Å². The minimum atomic E-state index is -0.511. The van der Waals surface area contributed by atoms with Gasteiger partial charge in [-0.25, -0.2) is 4.98 Å². The molecule has 0 saturated heterocycles. The van der Waals surface area contributed by atoms with E-state index in [0.717, 1.165) is 27.9 Å². The normalized spacial score (nSPS) is 10.7. The molecule has 0 aliphatic heterocycles. The number of carbonyl (C=O) groups excluding carboxylic acids is 1. The number of carbonyl (C=O) groups is 1. The number of hydrogen-bond acceptors (Lipinski definition) is 5. The molecule has 1 heterocycles. The molecule has 1 amide bonds. The summed E-state index contributed by atoms with van der Waals surface area (Å²) >= 11 is 1.34. The van der Waals surface area contributed by atoms with E-state index in [-0.39, 0.29) is 23.0 Å². The summed E-state index contributed by atoms with van der Waals surface area (Å²) < 4.78 is 0. The van der Waals surface area contributed by atoms with Crippen molar-refractivity contribution in [2.45, 2.75) is 18.4 Å². The number of aryl methyl sites for hydroxylation is 1. The van der Waals surface area contributed by atoms with Crippen molar-refractivity contribution in [3.8, 4) is 0 Å². The second-order valence-electron chi connectivity index (χ2n) is 5.61. The smallest absolute Gasteiger partial charge is 0.292 e. The molecular weight excluding hydrogens is 350 g/mol. The van der Waals surface area contributed by atoms with Crippen LogP contribution in [-0.4, -0.2) is 21.6 Å². The Morgan fingerprint density at radius 2 is 1.92 bits per heavy atom. The van der Waals surface area contributed by atoms with E-state index in [0.29, 0.717) is 0 Å². The van der Waals surface area contributed by atoms with Crippen molar-refractivity contribution in [1.82, 2.24) is 4.98 Å². The lowest BCUT2D eigenvalue weighted by molar-refractivity contribution is -0.383. The number of hydrogen-bond donors (Lipinski definition) is 1. The summed E-state index contributed by atoms with van der Waals surface area (Å²) in [7, 11) is 0. The molecule has 7 heteroatoms. The fourth-order valence-electron chi connectivity index (χ4n) is 2.58. The summed E-state index contributed by atoms with van der Waals surface area (Å²) in [6.07, 6.45) is 0.811. The number of anilines is 1. The Labute approximate surface area is 154 Å². The Balaban J connectivity index is 1.74. The predicted molar refractivity (Wildman–Crippen MR) is 104 cm³/mol. The van der Waals surface area contributed by atoms with Gasteiger partial charge in [0.2, 0.25) is 5.91 Å². The number of para-hydroxylation sites is 3. The van der Waals surface area contributed by atoms with Crippen LogP contribution in [0.25, 0.3) is 10.9 Å². The Bertz CT molecular complexity index is 975. The zero-order chi connectivity index (χ0) is 18.5. The van der Waals surface area contributed by atoms with Gasteiger partial charge < -0.3 is 5.32 Å². The van der Waals surface area contributed by atoms with Gasteiger partial charge in [-0.3, -0.25) is 14.9 Å². The first kappa shape index (κ1) is 17.9. The highest BCUT2D eigenvalue weighted by Crippen LogP contribution is 2.27. The van der Waals surface area contributed by atoms with Gasteiger partial charge in [-0.1, -0.05) is 49.0 Å². The summed E-state index contributed by atoms with van der Waals surface area (Å²) in [5.41, 5.74) is 2.03. The standard InChI is InChI=1S/C19H17N3O3S/c1-2-13-11-14-7-3-4-8-15(14)21-19(13)26-12-18(23)20-16-9-5-6-10-17(16)22(24)25/h3-11H,2,12H2,1H3,(H,20,23). The first-order valence-electron chi connectivity index (χ1n) is 8.13. The number of thioether (sulfide) groups is 1. The highest BCUT2D eigenvalue weighted by atomic mass is 32.2. The van der Waals surface area contributed by atoms with Gasteiger partial charge in [0.1, 0.15) is 10.7 Å². The molecule has 0 fully saturated rings. The molecule has 0 atom stereocenters. The second kappa shape index (κ2) is 7.97. The molecule has 3 aromatic rings. The van der Waals surface area contributed by atoms with Gasteiger partial charge in [-0.05, 0) is 30.2 Å². The fraction of sp³-hybridized carbons (Fsp3) is 0.158. The number of fused-ring (bicyclic) bond motifs is 1. The monoisotopic (exact) mass is 367 g/mol. The molecule has 0 unspecified atom stereocenters. The number of benzene rings is 2.